The lowest BCUT2D eigenvalue weighted by Gasteiger charge is -2.36. The van der Waals surface area contributed by atoms with Gasteiger partial charge >= 0.3 is 0 Å². The Labute approximate surface area is 184 Å². The first-order valence-electron chi connectivity index (χ1n) is 9.83. The summed E-state index contributed by atoms with van der Waals surface area (Å²) in [6.07, 6.45) is 0.169. The third-order valence-corrected chi connectivity index (χ3v) is 6.25. The van der Waals surface area contributed by atoms with Crippen molar-refractivity contribution in [3.8, 4) is 0 Å². The molecule has 0 N–H and O–H groups in total. The van der Waals surface area contributed by atoms with Crippen LogP contribution in [0.5, 0.6) is 0 Å². The predicted octanol–water partition coefficient (Wildman–Crippen LogP) is 3.33. The van der Waals surface area contributed by atoms with Gasteiger partial charge in [0.2, 0.25) is 11.8 Å². The average molecular weight is 446 g/mol. The Morgan fingerprint density at radius 3 is 2.10 bits per heavy atom. The summed E-state index contributed by atoms with van der Waals surface area (Å²) in [5.74, 6) is -0.690. The molecule has 0 radical (unpaired) electrons. The van der Waals surface area contributed by atoms with Gasteiger partial charge in [0, 0.05) is 39.1 Å². The van der Waals surface area contributed by atoms with E-state index in [1.165, 1.54) is 0 Å². The zero-order valence-corrected chi connectivity index (χ0v) is 17.8. The van der Waals surface area contributed by atoms with Gasteiger partial charge in [-0.1, -0.05) is 47.5 Å². The molecule has 4 rings (SSSR count). The summed E-state index contributed by atoms with van der Waals surface area (Å²) in [7, 11) is 0. The standard InChI is InChI=1S/C22H21Cl2N3O3/c23-17-6-2-1-5-16(17)22(30)26-11-9-25(10-12-26)21(29)15-13-20(28)27(14-15)19-8-4-3-7-18(19)24/h1-8,15H,9-14H2. The largest absolute Gasteiger partial charge is 0.339 e. The van der Waals surface area contributed by atoms with Gasteiger partial charge in [0.05, 0.1) is 27.2 Å². The van der Waals surface area contributed by atoms with Crippen molar-refractivity contribution in [1.82, 2.24) is 9.80 Å². The molecule has 2 aromatic rings. The van der Waals surface area contributed by atoms with Gasteiger partial charge in [-0.05, 0) is 24.3 Å². The summed E-state index contributed by atoms with van der Waals surface area (Å²) in [5.41, 5.74) is 1.10. The third-order valence-electron chi connectivity index (χ3n) is 5.60. The van der Waals surface area contributed by atoms with E-state index in [0.717, 1.165) is 0 Å². The van der Waals surface area contributed by atoms with Crippen LogP contribution in [0.2, 0.25) is 10.0 Å². The molecule has 2 saturated heterocycles. The van der Waals surface area contributed by atoms with E-state index < -0.39 is 5.92 Å². The Hall–Kier alpha value is -2.57. The van der Waals surface area contributed by atoms with E-state index in [2.05, 4.69) is 0 Å². The molecule has 2 fully saturated rings. The zero-order valence-electron chi connectivity index (χ0n) is 16.3. The molecule has 2 aliphatic rings. The maximum atomic E-state index is 13.0. The number of para-hydroxylation sites is 1. The summed E-state index contributed by atoms with van der Waals surface area (Å²) in [6.45, 7) is 2.06. The molecule has 8 heteroatoms. The van der Waals surface area contributed by atoms with E-state index in [1.807, 2.05) is 6.07 Å². The summed E-state index contributed by atoms with van der Waals surface area (Å²) in [4.78, 5) is 43.2. The molecular weight excluding hydrogens is 425 g/mol. The number of anilines is 1. The first-order valence-corrected chi connectivity index (χ1v) is 10.6. The molecule has 0 aromatic heterocycles. The molecule has 2 heterocycles. The number of hydrogen-bond acceptors (Lipinski definition) is 3. The molecule has 1 unspecified atom stereocenters. The Morgan fingerprint density at radius 2 is 1.43 bits per heavy atom. The molecule has 2 aromatic carbocycles. The van der Waals surface area contributed by atoms with Crippen molar-refractivity contribution in [2.75, 3.05) is 37.6 Å². The fraction of sp³-hybridized carbons (Fsp3) is 0.318. The first kappa shape index (κ1) is 20.7. The second-order valence-electron chi connectivity index (χ2n) is 7.45. The molecule has 1 atom stereocenters. The molecule has 30 heavy (non-hydrogen) atoms. The smallest absolute Gasteiger partial charge is 0.255 e. The molecule has 0 aliphatic carbocycles. The number of hydrogen-bond donors (Lipinski definition) is 0. The molecule has 2 aliphatic heterocycles. The highest BCUT2D eigenvalue weighted by Crippen LogP contribution is 2.31. The van der Waals surface area contributed by atoms with Crippen LogP contribution in [0.3, 0.4) is 0 Å². The summed E-state index contributed by atoms with van der Waals surface area (Å²) in [6, 6.07) is 14.1. The second kappa shape index (κ2) is 8.66. The molecule has 0 spiro atoms. The number of piperazine rings is 1. The van der Waals surface area contributed by atoms with Crippen molar-refractivity contribution in [3.63, 3.8) is 0 Å². The molecule has 0 bridgehead atoms. The highest BCUT2D eigenvalue weighted by atomic mass is 35.5. The van der Waals surface area contributed by atoms with Crippen LogP contribution in [0, 0.1) is 5.92 Å². The van der Waals surface area contributed by atoms with Gasteiger partial charge in [-0.2, -0.15) is 0 Å². The average Bonchev–Trinajstić information content (AvgIpc) is 3.15. The van der Waals surface area contributed by atoms with Crippen LogP contribution in [-0.4, -0.2) is 60.2 Å². The van der Waals surface area contributed by atoms with Crippen molar-refractivity contribution in [3.05, 3.63) is 64.1 Å². The molecule has 0 saturated carbocycles. The van der Waals surface area contributed by atoms with Gasteiger partial charge in [0.25, 0.3) is 5.91 Å². The van der Waals surface area contributed by atoms with E-state index in [1.54, 1.807) is 57.2 Å². The van der Waals surface area contributed by atoms with Gasteiger partial charge in [-0.15, -0.1) is 0 Å². The van der Waals surface area contributed by atoms with E-state index in [4.69, 9.17) is 23.2 Å². The van der Waals surface area contributed by atoms with Crippen LogP contribution in [0.1, 0.15) is 16.8 Å². The lowest BCUT2D eigenvalue weighted by molar-refractivity contribution is -0.137. The van der Waals surface area contributed by atoms with Gasteiger partial charge in [-0.25, -0.2) is 0 Å². The van der Waals surface area contributed by atoms with Crippen molar-refractivity contribution in [1.29, 1.82) is 0 Å². The van der Waals surface area contributed by atoms with Crippen molar-refractivity contribution < 1.29 is 14.4 Å². The number of nitrogens with zero attached hydrogens (tertiary/aromatic N) is 3. The van der Waals surface area contributed by atoms with Crippen LogP contribution in [0.25, 0.3) is 0 Å². The minimum atomic E-state index is -0.403. The lowest BCUT2D eigenvalue weighted by Crippen LogP contribution is -2.52. The van der Waals surface area contributed by atoms with Crippen LogP contribution in [0.4, 0.5) is 5.69 Å². The van der Waals surface area contributed by atoms with Gasteiger partial charge < -0.3 is 14.7 Å². The van der Waals surface area contributed by atoms with Crippen LogP contribution >= 0.6 is 23.2 Å². The minimum Gasteiger partial charge on any atom is -0.339 e. The number of carbonyl (C=O) groups excluding carboxylic acids is 3. The summed E-state index contributed by atoms with van der Waals surface area (Å²) < 4.78 is 0. The number of halogens is 2. The minimum absolute atomic E-state index is 0.0530. The topological polar surface area (TPSA) is 60.9 Å². The molecular formula is C22H21Cl2N3O3. The summed E-state index contributed by atoms with van der Waals surface area (Å²) >= 11 is 12.4. The van der Waals surface area contributed by atoms with Crippen molar-refractivity contribution >= 4 is 46.6 Å². The van der Waals surface area contributed by atoms with Crippen molar-refractivity contribution in [2.45, 2.75) is 6.42 Å². The highest BCUT2D eigenvalue weighted by molar-refractivity contribution is 6.34. The molecule has 6 nitrogen and oxygen atoms in total. The van der Waals surface area contributed by atoms with E-state index in [-0.39, 0.29) is 24.1 Å². The number of amides is 3. The predicted molar refractivity (Wildman–Crippen MR) is 116 cm³/mol. The fourth-order valence-corrected chi connectivity index (χ4v) is 4.42. The lowest BCUT2D eigenvalue weighted by atomic mass is 10.1. The first-order chi connectivity index (χ1) is 14.5. The highest BCUT2D eigenvalue weighted by Gasteiger charge is 2.38. The van der Waals surface area contributed by atoms with Crippen LogP contribution in [-0.2, 0) is 9.59 Å². The maximum absolute atomic E-state index is 13.0. The SMILES string of the molecule is O=C(c1ccccc1Cl)N1CCN(C(=O)C2CC(=O)N(c3ccccc3Cl)C2)CC1. The normalized spacial score (nSPS) is 19.3. The second-order valence-corrected chi connectivity index (χ2v) is 8.27. The molecule has 156 valence electrons. The van der Waals surface area contributed by atoms with E-state index in [9.17, 15) is 14.4 Å². The Kier molecular flexibility index (Phi) is 5.97. The zero-order chi connectivity index (χ0) is 21.3. The number of rotatable bonds is 3. The Balaban J connectivity index is 1.37. The van der Waals surface area contributed by atoms with Gasteiger partial charge in [0.15, 0.2) is 0 Å². The maximum Gasteiger partial charge on any atom is 0.255 e. The Morgan fingerprint density at radius 1 is 0.833 bits per heavy atom. The van der Waals surface area contributed by atoms with E-state index in [0.29, 0.717) is 54.0 Å². The van der Waals surface area contributed by atoms with Crippen LogP contribution in [0.15, 0.2) is 48.5 Å². The Bertz CT molecular complexity index is 989. The monoisotopic (exact) mass is 445 g/mol. The van der Waals surface area contributed by atoms with Gasteiger partial charge in [-0.3, -0.25) is 14.4 Å². The van der Waals surface area contributed by atoms with Crippen LogP contribution < -0.4 is 4.90 Å². The number of carbonyl (C=O) groups is 3. The van der Waals surface area contributed by atoms with Crippen molar-refractivity contribution in [2.24, 2.45) is 5.92 Å². The third kappa shape index (κ3) is 4.02. The quantitative estimate of drug-likeness (QED) is 0.727. The van der Waals surface area contributed by atoms with E-state index >= 15 is 0 Å². The number of benzene rings is 2. The fourth-order valence-electron chi connectivity index (χ4n) is 3.97. The summed E-state index contributed by atoms with van der Waals surface area (Å²) in [5, 5.41) is 0.913. The van der Waals surface area contributed by atoms with Gasteiger partial charge in [0.1, 0.15) is 0 Å². The molecule has 3 amide bonds.